The summed E-state index contributed by atoms with van der Waals surface area (Å²) >= 11 is 1.70. The number of rotatable bonds is 6. The number of nitrogens with zero attached hydrogens (tertiary/aromatic N) is 1. The van der Waals surface area contributed by atoms with Crippen molar-refractivity contribution < 1.29 is 13.0 Å². The number of hydrogen-bond donors (Lipinski definition) is 0. The van der Waals surface area contributed by atoms with E-state index in [0.717, 1.165) is 30.2 Å². The van der Waals surface area contributed by atoms with Gasteiger partial charge in [0.1, 0.15) is 0 Å². The molecule has 0 saturated heterocycles. The van der Waals surface area contributed by atoms with Crippen molar-refractivity contribution >= 4 is 34.5 Å². The Morgan fingerprint density at radius 2 is 1.59 bits per heavy atom. The first-order chi connectivity index (χ1) is 17.2. The summed E-state index contributed by atoms with van der Waals surface area (Å²) in [5.41, 5.74) is 4.98. The molecule has 1 aliphatic rings. The molecule has 37 heavy (non-hydrogen) atoms. The van der Waals surface area contributed by atoms with Crippen molar-refractivity contribution in [3.63, 3.8) is 0 Å². The summed E-state index contributed by atoms with van der Waals surface area (Å²) in [5, 5.41) is 3.23. The Morgan fingerprint density at radius 1 is 1.00 bits per heavy atom. The van der Waals surface area contributed by atoms with Gasteiger partial charge in [-0.15, -0.1) is 11.3 Å². The highest BCUT2D eigenvalue weighted by atomic mass is 32.1. The summed E-state index contributed by atoms with van der Waals surface area (Å²) in [6.45, 7) is 28.1. The van der Waals surface area contributed by atoms with E-state index in [2.05, 4.69) is 101 Å². The van der Waals surface area contributed by atoms with E-state index in [1.54, 1.807) is 11.3 Å². The Morgan fingerprint density at radius 3 is 2.11 bits per heavy atom. The maximum atomic E-state index is 7.60. The van der Waals surface area contributed by atoms with Crippen LogP contribution in [-0.2, 0) is 13.0 Å². The zero-order chi connectivity index (χ0) is 28.0. The fraction of sp³-hybridized carbons (Fsp3) is 0.767. The minimum absolute atomic E-state index is 0.0405. The van der Waals surface area contributed by atoms with Crippen molar-refractivity contribution in [1.29, 1.82) is 0 Å². The van der Waals surface area contributed by atoms with Crippen molar-refractivity contribution in [3.05, 3.63) is 33.3 Å². The van der Waals surface area contributed by atoms with E-state index in [1.807, 2.05) is 0 Å². The van der Waals surface area contributed by atoms with Gasteiger partial charge in [-0.1, -0.05) is 74.0 Å². The lowest BCUT2D eigenvalue weighted by Crippen LogP contribution is -2.62. The molecule has 0 N–H and O–H groups in total. The van der Waals surface area contributed by atoms with Crippen molar-refractivity contribution in [2.24, 2.45) is 5.92 Å². The van der Waals surface area contributed by atoms with E-state index in [0.29, 0.717) is 28.1 Å². The number of hydrogen-bond acceptors (Lipinski definition) is 5. The second-order valence-electron chi connectivity index (χ2n) is 12.5. The third-order valence-electron chi connectivity index (χ3n) is 7.93. The molecule has 1 aromatic rings. The molecule has 0 bridgehead atoms. The minimum Gasteiger partial charge on any atom is -0.414 e. The first-order valence-electron chi connectivity index (χ1n) is 14.5. The molecule has 1 aliphatic heterocycles. The number of thiazole rings is 1. The van der Waals surface area contributed by atoms with E-state index >= 15 is 0 Å². The molecule has 0 aromatic carbocycles. The molecule has 7 heteroatoms. The molecule has 2 rings (SSSR count). The van der Waals surface area contributed by atoms with Gasteiger partial charge in [0.2, 0.25) is 0 Å². The highest BCUT2D eigenvalue weighted by molar-refractivity contribution is 7.09. The molecule has 2 heterocycles. The first-order valence-corrected chi connectivity index (χ1v) is 19.3. The van der Waals surface area contributed by atoms with Crippen molar-refractivity contribution in [2.45, 2.75) is 137 Å². The van der Waals surface area contributed by atoms with Crippen LogP contribution in [0.3, 0.4) is 0 Å². The molecule has 4 nitrogen and oxygen atoms in total. The Hall–Kier alpha value is -0.576. The Balaban J connectivity index is 2.67. The summed E-state index contributed by atoms with van der Waals surface area (Å²) in [6.07, 6.45) is 8.97. The van der Waals surface area contributed by atoms with Gasteiger partial charge in [-0.2, -0.15) is 0 Å². The Bertz CT molecular complexity index is 890. The molecular weight excluding hydrogens is 511 g/mol. The number of allylic oxidation sites excluding steroid dienone is 1. The zero-order valence-corrected chi connectivity index (χ0v) is 28.6. The van der Waals surface area contributed by atoms with E-state index in [1.165, 1.54) is 24.0 Å². The summed E-state index contributed by atoms with van der Waals surface area (Å²) in [5.74, 6) is 0.526. The van der Waals surface area contributed by atoms with Crippen LogP contribution in [0.5, 0.6) is 0 Å². The summed E-state index contributed by atoms with van der Waals surface area (Å²) in [4.78, 5) is 4.71. The number of aromatic nitrogens is 1. The Labute approximate surface area is 234 Å². The van der Waals surface area contributed by atoms with Gasteiger partial charge < -0.3 is 13.0 Å². The molecule has 0 amide bonds. The van der Waals surface area contributed by atoms with Gasteiger partial charge in [-0.3, -0.25) is 0 Å². The molecular formula is C30H55NO3SSi2. The van der Waals surface area contributed by atoms with Crippen LogP contribution in [0.4, 0.5) is 0 Å². The highest BCUT2D eigenvalue weighted by Gasteiger charge is 2.57. The molecule has 0 aliphatic carbocycles. The second kappa shape index (κ2) is 14.2. The molecule has 0 radical (unpaired) electrons. The van der Waals surface area contributed by atoms with Gasteiger partial charge >= 0.3 is 17.1 Å². The summed E-state index contributed by atoms with van der Waals surface area (Å²) in [6, 6.07) is 0. The lowest BCUT2D eigenvalue weighted by molar-refractivity contribution is 0.122. The molecule has 1 aromatic heterocycles. The van der Waals surface area contributed by atoms with Crippen LogP contribution < -0.4 is 0 Å². The van der Waals surface area contributed by atoms with Crippen LogP contribution >= 0.6 is 11.3 Å². The SMILES string of the molecule is C/C1=C/C[C@@H](/C(C)=C/c2csc(C)n2)O[Si](C(C)C)(C(C)C)O[Si](C(C)C)(C(C)C)OC[C@@H](C)CCC1. The second-order valence-corrected chi connectivity index (χ2v) is 22.5. The maximum absolute atomic E-state index is 7.60. The smallest absolute Gasteiger partial charge is 0.335 e. The summed E-state index contributed by atoms with van der Waals surface area (Å²) < 4.78 is 22.0. The highest BCUT2D eigenvalue weighted by Crippen LogP contribution is 2.45. The third-order valence-corrected chi connectivity index (χ3v) is 19.0. The molecule has 0 unspecified atom stereocenters. The van der Waals surface area contributed by atoms with Gasteiger partial charge in [0.15, 0.2) is 0 Å². The normalized spacial score (nSPS) is 25.9. The van der Waals surface area contributed by atoms with E-state index in [-0.39, 0.29) is 6.10 Å². The first kappa shape index (κ1) is 32.6. The fourth-order valence-corrected chi connectivity index (χ4v) is 17.4. The molecule has 0 fully saturated rings. The van der Waals surface area contributed by atoms with Crippen molar-refractivity contribution in [2.75, 3.05) is 6.61 Å². The fourth-order valence-electron chi connectivity index (χ4n) is 5.53. The van der Waals surface area contributed by atoms with Gasteiger partial charge in [0.25, 0.3) is 0 Å². The molecule has 0 spiro atoms. The monoisotopic (exact) mass is 565 g/mol. The lowest BCUT2D eigenvalue weighted by atomic mass is 10.0. The van der Waals surface area contributed by atoms with E-state index in [9.17, 15) is 0 Å². The standard InChI is InChI=1S/C30H55NO3SSi2/c1-21(2)36(22(3)4)32-19-26(10)15-13-14-25(9)16-17-30(27(11)18-29-20-35-28(12)31-29)33-37(34-36,23(5)6)24(7)8/h16,18,20-24,26,30H,13-15,17,19H2,1-12H3/b25-16-,27-18+/t26-,30-/m0/s1. The molecule has 212 valence electrons. The average Bonchev–Trinajstić information content (AvgIpc) is 3.21. The summed E-state index contributed by atoms with van der Waals surface area (Å²) in [7, 11) is -5.34. The number of aryl methyl sites for hydroxylation is 1. The van der Waals surface area contributed by atoms with Crippen LogP contribution in [0.1, 0.15) is 113 Å². The predicted octanol–water partition coefficient (Wildman–Crippen LogP) is 9.95. The molecule has 0 saturated carbocycles. The van der Waals surface area contributed by atoms with Gasteiger partial charge in [0, 0.05) is 12.0 Å². The van der Waals surface area contributed by atoms with Crippen LogP contribution in [0, 0.1) is 12.8 Å². The van der Waals surface area contributed by atoms with Crippen molar-refractivity contribution in [3.8, 4) is 0 Å². The minimum atomic E-state index is -2.74. The van der Waals surface area contributed by atoms with Crippen LogP contribution in [-0.4, -0.2) is 34.8 Å². The molecule has 2 atom stereocenters. The topological polar surface area (TPSA) is 40.6 Å². The van der Waals surface area contributed by atoms with E-state index < -0.39 is 17.1 Å². The van der Waals surface area contributed by atoms with Gasteiger partial charge in [0.05, 0.1) is 16.8 Å². The van der Waals surface area contributed by atoms with Crippen LogP contribution in [0.2, 0.25) is 22.2 Å². The quantitative estimate of drug-likeness (QED) is 0.254. The van der Waals surface area contributed by atoms with Gasteiger partial charge in [-0.25, -0.2) is 4.98 Å². The van der Waals surface area contributed by atoms with Crippen LogP contribution in [0.15, 0.2) is 22.6 Å². The third kappa shape index (κ3) is 8.45. The van der Waals surface area contributed by atoms with Crippen molar-refractivity contribution in [1.82, 2.24) is 4.98 Å². The van der Waals surface area contributed by atoms with Gasteiger partial charge in [-0.05, 0) is 86.2 Å². The maximum Gasteiger partial charge on any atom is 0.335 e. The largest absolute Gasteiger partial charge is 0.414 e. The average molecular weight is 566 g/mol. The van der Waals surface area contributed by atoms with E-state index in [4.69, 9.17) is 18.0 Å². The Kier molecular flexibility index (Phi) is 12.5. The van der Waals surface area contributed by atoms with Crippen LogP contribution in [0.25, 0.3) is 6.08 Å². The predicted molar refractivity (Wildman–Crippen MR) is 166 cm³/mol. The zero-order valence-electron chi connectivity index (χ0n) is 25.8. The lowest BCUT2D eigenvalue weighted by Gasteiger charge is -2.49.